The van der Waals surface area contributed by atoms with Gasteiger partial charge in [-0.3, -0.25) is 0 Å². The third-order valence-corrected chi connectivity index (χ3v) is 3.05. The highest BCUT2D eigenvalue weighted by Crippen LogP contribution is 2.25. The summed E-state index contributed by atoms with van der Waals surface area (Å²) in [5, 5.41) is 3.44. The Labute approximate surface area is 104 Å². The number of benzene rings is 1. The van der Waals surface area contributed by atoms with Crippen LogP contribution in [0.1, 0.15) is 43.9 Å². The Balaban J connectivity index is 2.92. The molecule has 1 atom stereocenters. The fourth-order valence-corrected chi connectivity index (χ4v) is 2.00. The van der Waals surface area contributed by atoms with Crippen molar-refractivity contribution in [3.8, 4) is 0 Å². The van der Waals surface area contributed by atoms with Crippen LogP contribution in [0.4, 0.5) is 4.39 Å². The summed E-state index contributed by atoms with van der Waals surface area (Å²) in [6, 6.07) is 5.24. The minimum absolute atomic E-state index is 0.171. The summed E-state index contributed by atoms with van der Waals surface area (Å²) in [5.74, 6) is -0.171. The zero-order chi connectivity index (χ0) is 12.8. The molecule has 1 nitrogen and oxygen atoms in total. The average Bonchev–Trinajstić information content (AvgIpc) is 2.28. The molecule has 0 heterocycles. The Kier molecular flexibility index (Phi) is 5.36. The second kappa shape index (κ2) is 6.55. The van der Waals surface area contributed by atoms with Gasteiger partial charge >= 0.3 is 0 Å². The van der Waals surface area contributed by atoms with Crippen molar-refractivity contribution in [1.82, 2.24) is 5.32 Å². The summed E-state index contributed by atoms with van der Waals surface area (Å²) < 4.78 is 13.1. The molecule has 0 aliphatic carbocycles. The van der Waals surface area contributed by atoms with Crippen molar-refractivity contribution in [3.05, 3.63) is 47.3 Å². The van der Waals surface area contributed by atoms with Gasteiger partial charge in [0.25, 0.3) is 0 Å². The zero-order valence-corrected chi connectivity index (χ0v) is 11.0. The van der Waals surface area contributed by atoms with Crippen molar-refractivity contribution in [2.45, 2.75) is 39.7 Å². The van der Waals surface area contributed by atoms with Crippen LogP contribution in [0.15, 0.2) is 30.4 Å². The van der Waals surface area contributed by atoms with E-state index in [0.717, 1.165) is 24.9 Å². The van der Waals surface area contributed by atoms with E-state index in [0.29, 0.717) is 0 Å². The van der Waals surface area contributed by atoms with E-state index in [2.05, 4.69) is 25.7 Å². The van der Waals surface area contributed by atoms with Crippen LogP contribution in [0.3, 0.4) is 0 Å². The molecule has 1 unspecified atom stereocenters. The summed E-state index contributed by atoms with van der Waals surface area (Å²) >= 11 is 0. The summed E-state index contributed by atoms with van der Waals surface area (Å²) in [7, 11) is 0. The van der Waals surface area contributed by atoms with E-state index in [1.807, 2.05) is 13.0 Å². The van der Waals surface area contributed by atoms with Crippen LogP contribution in [0.25, 0.3) is 0 Å². The van der Waals surface area contributed by atoms with Crippen molar-refractivity contribution >= 4 is 0 Å². The Morgan fingerprint density at radius 2 is 2.12 bits per heavy atom. The van der Waals surface area contributed by atoms with E-state index in [1.54, 1.807) is 6.07 Å². The maximum absolute atomic E-state index is 13.1. The molecule has 0 aromatic heterocycles. The Morgan fingerprint density at radius 3 is 2.65 bits per heavy atom. The van der Waals surface area contributed by atoms with Gasteiger partial charge in [0.2, 0.25) is 0 Å². The number of halogens is 1. The van der Waals surface area contributed by atoms with Crippen molar-refractivity contribution in [1.29, 1.82) is 0 Å². The molecule has 0 bridgehead atoms. The molecule has 0 saturated heterocycles. The number of hydrogen-bond acceptors (Lipinski definition) is 1. The Morgan fingerprint density at radius 1 is 1.41 bits per heavy atom. The first kappa shape index (κ1) is 13.9. The molecular weight excluding hydrogens is 213 g/mol. The minimum Gasteiger partial charge on any atom is -0.310 e. The number of hydrogen-bond donors (Lipinski definition) is 1. The van der Waals surface area contributed by atoms with Crippen LogP contribution in [-0.2, 0) is 0 Å². The largest absolute Gasteiger partial charge is 0.310 e. The van der Waals surface area contributed by atoms with Crippen LogP contribution in [0, 0.1) is 12.7 Å². The molecule has 0 radical (unpaired) electrons. The number of aryl methyl sites for hydroxylation is 1. The zero-order valence-electron chi connectivity index (χ0n) is 11.0. The molecule has 0 amide bonds. The minimum atomic E-state index is -0.171. The van der Waals surface area contributed by atoms with Crippen molar-refractivity contribution in [2.75, 3.05) is 6.54 Å². The van der Waals surface area contributed by atoms with E-state index in [1.165, 1.54) is 17.2 Å². The molecule has 1 aromatic rings. The first-order valence-electron chi connectivity index (χ1n) is 6.24. The standard InChI is InChI=1S/C15H22FN/c1-5-11(3)9-15(17-6-2)14-8-7-13(16)10-12(14)4/h7-8,10,15,17H,3,5-6,9H2,1-2,4H3. The monoisotopic (exact) mass is 235 g/mol. The van der Waals surface area contributed by atoms with Gasteiger partial charge in [-0.05, 0) is 49.6 Å². The lowest BCUT2D eigenvalue weighted by atomic mass is 9.95. The highest BCUT2D eigenvalue weighted by molar-refractivity contribution is 5.30. The van der Waals surface area contributed by atoms with E-state index < -0.39 is 0 Å². The lowest BCUT2D eigenvalue weighted by Gasteiger charge is -2.21. The second-order valence-electron chi connectivity index (χ2n) is 4.42. The fraction of sp³-hybridized carbons (Fsp3) is 0.467. The van der Waals surface area contributed by atoms with Gasteiger partial charge < -0.3 is 5.32 Å². The van der Waals surface area contributed by atoms with Crippen LogP contribution < -0.4 is 5.32 Å². The molecular formula is C15H22FN. The van der Waals surface area contributed by atoms with Gasteiger partial charge in [0.15, 0.2) is 0 Å². The van der Waals surface area contributed by atoms with Crippen molar-refractivity contribution in [3.63, 3.8) is 0 Å². The molecule has 1 rings (SSSR count). The van der Waals surface area contributed by atoms with Crippen LogP contribution >= 0.6 is 0 Å². The molecule has 1 N–H and O–H groups in total. The highest BCUT2D eigenvalue weighted by Gasteiger charge is 2.13. The van der Waals surface area contributed by atoms with Crippen molar-refractivity contribution in [2.24, 2.45) is 0 Å². The molecule has 0 fully saturated rings. The molecule has 94 valence electrons. The van der Waals surface area contributed by atoms with Gasteiger partial charge in [-0.1, -0.05) is 32.1 Å². The fourth-order valence-electron chi connectivity index (χ4n) is 2.00. The van der Waals surface area contributed by atoms with Gasteiger partial charge in [0, 0.05) is 6.04 Å². The van der Waals surface area contributed by atoms with Gasteiger partial charge in [0.05, 0.1) is 0 Å². The molecule has 17 heavy (non-hydrogen) atoms. The molecule has 0 aliphatic rings. The summed E-state index contributed by atoms with van der Waals surface area (Å²) in [5.41, 5.74) is 3.39. The lowest BCUT2D eigenvalue weighted by Crippen LogP contribution is -2.22. The summed E-state index contributed by atoms with van der Waals surface area (Å²) in [6.45, 7) is 11.1. The van der Waals surface area contributed by atoms with Crippen LogP contribution in [0.5, 0.6) is 0 Å². The van der Waals surface area contributed by atoms with Crippen LogP contribution in [0.2, 0.25) is 0 Å². The lowest BCUT2D eigenvalue weighted by molar-refractivity contribution is 0.538. The van der Waals surface area contributed by atoms with E-state index in [9.17, 15) is 4.39 Å². The summed E-state index contributed by atoms with van der Waals surface area (Å²) in [6.07, 6.45) is 1.90. The van der Waals surface area contributed by atoms with E-state index in [4.69, 9.17) is 0 Å². The highest BCUT2D eigenvalue weighted by atomic mass is 19.1. The molecule has 0 aliphatic heterocycles. The van der Waals surface area contributed by atoms with Gasteiger partial charge in [-0.2, -0.15) is 0 Å². The average molecular weight is 235 g/mol. The van der Waals surface area contributed by atoms with E-state index in [-0.39, 0.29) is 11.9 Å². The van der Waals surface area contributed by atoms with E-state index >= 15 is 0 Å². The number of rotatable bonds is 6. The molecule has 2 heteroatoms. The third-order valence-electron chi connectivity index (χ3n) is 3.05. The predicted molar refractivity (Wildman–Crippen MR) is 71.6 cm³/mol. The maximum Gasteiger partial charge on any atom is 0.123 e. The first-order valence-corrected chi connectivity index (χ1v) is 6.24. The smallest absolute Gasteiger partial charge is 0.123 e. The first-order chi connectivity index (χ1) is 8.08. The quantitative estimate of drug-likeness (QED) is 0.731. The van der Waals surface area contributed by atoms with Gasteiger partial charge in [0.1, 0.15) is 5.82 Å². The SMILES string of the molecule is C=C(CC)CC(NCC)c1ccc(F)cc1C. The van der Waals surface area contributed by atoms with Gasteiger partial charge in [-0.15, -0.1) is 0 Å². The topological polar surface area (TPSA) is 12.0 Å². The van der Waals surface area contributed by atoms with Gasteiger partial charge in [-0.25, -0.2) is 4.39 Å². The van der Waals surface area contributed by atoms with Crippen LogP contribution in [-0.4, -0.2) is 6.54 Å². The molecule has 0 saturated carbocycles. The summed E-state index contributed by atoms with van der Waals surface area (Å²) in [4.78, 5) is 0. The molecule has 1 aromatic carbocycles. The third kappa shape index (κ3) is 3.97. The number of nitrogens with one attached hydrogen (secondary N) is 1. The van der Waals surface area contributed by atoms with Crippen molar-refractivity contribution < 1.29 is 4.39 Å². The molecule has 0 spiro atoms. The normalized spacial score (nSPS) is 12.5. The Hall–Kier alpha value is -1.15. The predicted octanol–water partition coefficient (Wildman–Crippen LogP) is 4.14. The maximum atomic E-state index is 13.1. The second-order valence-corrected chi connectivity index (χ2v) is 4.42. The Bertz CT molecular complexity index is 385.